The number of aliphatic carboxylic acids is 1. The van der Waals surface area contributed by atoms with Gasteiger partial charge in [0.1, 0.15) is 18.1 Å². The molecule has 192 valence electrons. The Morgan fingerprint density at radius 3 is 1.48 bits per heavy atom. The number of carbonyl (C=O) groups is 4. The van der Waals surface area contributed by atoms with Gasteiger partial charge in [-0.05, 0) is 77.9 Å². The lowest BCUT2D eigenvalue weighted by Crippen LogP contribution is -2.56. The number of unbranched alkanes of at least 4 members (excludes halogenated alkanes) is 3. The smallest absolute Gasteiger partial charge is 0.325 e. The van der Waals surface area contributed by atoms with Gasteiger partial charge in [0.15, 0.2) is 0 Å². The zero-order valence-corrected chi connectivity index (χ0v) is 19.7. The van der Waals surface area contributed by atoms with Crippen molar-refractivity contribution in [2.24, 2.45) is 22.9 Å². The van der Waals surface area contributed by atoms with Crippen LogP contribution in [0.3, 0.4) is 0 Å². The summed E-state index contributed by atoms with van der Waals surface area (Å²) in [5.74, 6) is -2.79. The summed E-state index contributed by atoms with van der Waals surface area (Å²) in [5, 5.41) is 16.8. The number of rotatable bonds is 19. The largest absolute Gasteiger partial charge is 0.480 e. The minimum Gasteiger partial charge on any atom is -0.480 e. The first kappa shape index (κ1) is 30.7. The van der Waals surface area contributed by atoms with Gasteiger partial charge in [0.05, 0.1) is 6.04 Å². The highest BCUT2D eigenvalue weighted by molar-refractivity contribution is 5.94. The van der Waals surface area contributed by atoms with Crippen molar-refractivity contribution >= 4 is 23.7 Å². The lowest BCUT2D eigenvalue weighted by atomic mass is 10.0. The van der Waals surface area contributed by atoms with Crippen LogP contribution in [-0.2, 0) is 19.2 Å². The van der Waals surface area contributed by atoms with Gasteiger partial charge in [0.25, 0.3) is 0 Å². The van der Waals surface area contributed by atoms with Crippen molar-refractivity contribution < 1.29 is 24.3 Å². The maximum absolute atomic E-state index is 13.0. The molecule has 0 aromatic heterocycles. The number of hydrogen-bond acceptors (Lipinski definition) is 8. The molecule has 0 saturated carbocycles. The molecule has 0 bridgehead atoms. The summed E-state index contributed by atoms with van der Waals surface area (Å²) in [6.45, 7) is 2.71. The molecule has 4 unspecified atom stereocenters. The fraction of sp³-hybridized carbons (Fsp3) is 0.810. The summed E-state index contributed by atoms with van der Waals surface area (Å²) in [4.78, 5) is 49.2. The summed E-state index contributed by atoms with van der Waals surface area (Å²) in [6.07, 6.45) is 4.95. The Labute approximate surface area is 195 Å². The predicted octanol–water partition coefficient (Wildman–Crippen LogP) is -1.74. The summed E-state index contributed by atoms with van der Waals surface area (Å²) in [6, 6.07) is -3.75. The highest BCUT2D eigenvalue weighted by atomic mass is 16.4. The fourth-order valence-electron chi connectivity index (χ4n) is 3.09. The molecule has 0 rings (SSSR count). The first-order chi connectivity index (χ1) is 15.7. The Kier molecular flexibility index (Phi) is 16.9. The Balaban J connectivity index is 5.27. The number of nitrogens with two attached hydrogens (primary N) is 4. The van der Waals surface area contributed by atoms with E-state index in [0.717, 1.165) is 6.42 Å². The Hall–Kier alpha value is -2.28. The van der Waals surface area contributed by atoms with Crippen LogP contribution in [0.5, 0.6) is 0 Å². The van der Waals surface area contributed by atoms with Gasteiger partial charge < -0.3 is 44.0 Å². The van der Waals surface area contributed by atoms with E-state index in [1.54, 1.807) is 0 Å². The molecule has 0 aromatic rings. The first-order valence-electron chi connectivity index (χ1n) is 11.7. The molecular formula is C21H43N7O5. The van der Waals surface area contributed by atoms with Crippen LogP contribution >= 0.6 is 0 Å². The van der Waals surface area contributed by atoms with Gasteiger partial charge in [-0.15, -0.1) is 0 Å². The van der Waals surface area contributed by atoms with Crippen LogP contribution in [0.15, 0.2) is 0 Å². The van der Waals surface area contributed by atoms with E-state index in [1.807, 2.05) is 0 Å². The highest BCUT2D eigenvalue weighted by Gasteiger charge is 2.28. The summed E-state index contributed by atoms with van der Waals surface area (Å²) >= 11 is 0. The van der Waals surface area contributed by atoms with Crippen molar-refractivity contribution in [3.8, 4) is 0 Å². The van der Waals surface area contributed by atoms with Gasteiger partial charge in [0, 0.05) is 0 Å². The molecule has 0 heterocycles. The first-order valence-corrected chi connectivity index (χ1v) is 11.7. The molecule has 0 fully saturated rings. The van der Waals surface area contributed by atoms with Crippen LogP contribution < -0.4 is 38.9 Å². The van der Waals surface area contributed by atoms with Crippen molar-refractivity contribution in [3.63, 3.8) is 0 Å². The zero-order chi connectivity index (χ0) is 25.2. The summed E-state index contributed by atoms with van der Waals surface area (Å²) in [7, 11) is 0. The molecule has 0 aliphatic heterocycles. The Morgan fingerprint density at radius 1 is 0.667 bits per heavy atom. The second-order valence-electron chi connectivity index (χ2n) is 8.15. The lowest BCUT2D eigenvalue weighted by Gasteiger charge is -2.25. The Morgan fingerprint density at radius 2 is 1.06 bits per heavy atom. The number of amides is 3. The van der Waals surface area contributed by atoms with E-state index in [2.05, 4.69) is 16.0 Å². The summed E-state index contributed by atoms with van der Waals surface area (Å²) < 4.78 is 0. The second kappa shape index (κ2) is 18.2. The molecule has 12 nitrogen and oxygen atoms in total. The second-order valence-corrected chi connectivity index (χ2v) is 8.15. The van der Waals surface area contributed by atoms with Crippen LogP contribution in [0.25, 0.3) is 0 Å². The molecule has 0 saturated heterocycles. The fourth-order valence-corrected chi connectivity index (χ4v) is 3.09. The maximum Gasteiger partial charge on any atom is 0.325 e. The van der Waals surface area contributed by atoms with Gasteiger partial charge >= 0.3 is 5.97 Å². The monoisotopic (exact) mass is 473 g/mol. The van der Waals surface area contributed by atoms with E-state index in [-0.39, 0.29) is 6.42 Å². The van der Waals surface area contributed by atoms with E-state index in [0.29, 0.717) is 64.6 Å². The van der Waals surface area contributed by atoms with Gasteiger partial charge in [-0.2, -0.15) is 0 Å². The quantitative estimate of drug-likeness (QED) is 0.0994. The third kappa shape index (κ3) is 13.8. The van der Waals surface area contributed by atoms with Crippen LogP contribution in [0, 0.1) is 0 Å². The molecule has 0 radical (unpaired) electrons. The average molecular weight is 474 g/mol. The SMILES string of the molecule is CC(NC(=O)C(CCCCN)NC(=O)C(CCCCN)NC(=O)C(N)CCCCN)C(=O)O. The molecular weight excluding hydrogens is 430 g/mol. The molecule has 0 spiro atoms. The number of carbonyl (C=O) groups excluding carboxylic acids is 3. The number of carboxylic acid groups (broad SMARTS) is 1. The highest BCUT2D eigenvalue weighted by Crippen LogP contribution is 2.07. The maximum atomic E-state index is 13.0. The molecule has 3 amide bonds. The topological polar surface area (TPSA) is 229 Å². The van der Waals surface area contributed by atoms with E-state index < -0.39 is 47.9 Å². The zero-order valence-electron chi connectivity index (χ0n) is 19.7. The van der Waals surface area contributed by atoms with E-state index >= 15 is 0 Å². The third-order valence-electron chi connectivity index (χ3n) is 5.20. The average Bonchev–Trinajstić information content (AvgIpc) is 2.77. The van der Waals surface area contributed by atoms with Crippen molar-refractivity contribution in [1.82, 2.24) is 16.0 Å². The molecule has 0 aliphatic carbocycles. The van der Waals surface area contributed by atoms with Crippen LogP contribution in [0.4, 0.5) is 0 Å². The van der Waals surface area contributed by atoms with Gasteiger partial charge in [-0.25, -0.2) is 0 Å². The molecule has 12 heteroatoms. The van der Waals surface area contributed by atoms with E-state index in [9.17, 15) is 19.2 Å². The number of carboxylic acids is 1. The lowest BCUT2D eigenvalue weighted by molar-refractivity contribution is -0.141. The van der Waals surface area contributed by atoms with Crippen molar-refractivity contribution in [2.45, 2.75) is 88.9 Å². The van der Waals surface area contributed by atoms with E-state index in [1.165, 1.54) is 6.92 Å². The van der Waals surface area contributed by atoms with Crippen LogP contribution in [0.1, 0.15) is 64.7 Å². The van der Waals surface area contributed by atoms with Crippen molar-refractivity contribution in [3.05, 3.63) is 0 Å². The van der Waals surface area contributed by atoms with Crippen LogP contribution in [0.2, 0.25) is 0 Å². The molecule has 0 aliphatic rings. The number of hydrogen-bond donors (Lipinski definition) is 8. The van der Waals surface area contributed by atoms with Gasteiger partial charge in [0.2, 0.25) is 17.7 Å². The van der Waals surface area contributed by atoms with E-state index in [4.69, 9.17) is 28.0 Å². The Bertz CT molecular complexity index is 606. The molecule has 33 heavy (non-hydrogen) atoms. The third-order valence-corrected chi connectivity index (χ3v) is 5.20. The molecule has 4 atom stereocenters. The van der Waals surface area contributed by atoms with Crippen LogP contribution in [-0.4, -0.2) is 72.6 Å². The molecule has 12 N–H and O–H groups in total. The van der Waals surface area contributed by atoms with Gasteiger partial charge in [-0.1, -0.05) is 6.42 Å². The minimum absolute atomic E-state index is 0.281. The normalized spacial score (nSPS) is 14.6. The predicted molar refractivity (Wildman–Crippen MR) is 126 cm³/mol. The summed E-state index contributed by atoms with van der Waals surface area (Å²) in [5.41, 5.74) is 22.5. The van der Waals surface area contributed by atoms with Gasteiger partial charge in [-0.3, -0.25) is 19.2 Å². The van der Waals surface area contributed by atoms with Crippen molar-refractivity contribution in [2.75, 3.05) is 19.6 Å². The number of nitrogens with one attached hydrogen (secondary N) is 3. The minimum atomic E-state index is -1.19. The van der Waals surface area contributed by atoms with Crippen molar-refractivity contribution in [1.29, 1.82) is 0 Å². The standard InChI is InChI=1S/C21H43N7O5/c1-14(21(32)33)26-19(30)16(9-3-6-12-23)28-20(31)17(10-4-7-13-24)27-18(29)15(25)8-2-5-11-22/h14-17H,2-13,22-25H2,1H3,(H,26,30)(H,27,29)(H,28,31)(H,32,33). The molecule has 0 aromatic carbocycles.